The molecular weight excluding hydrogens is 370 g/mol. The summed E-state index contributed by atoms with van der Waals surface area (Å²) in [4.78, 5) is 9.61. The van der Waals surface area contributed by atoms with Gasteiger partial charge in [-0.25, -0.2) is 4.98 Å². The minimum Gasteiger partial charge on any atom is -0.467 e. The van der Waals surface area contributed by atoms with Crippen molar-refractivity contribution in [1.29, 1.82) is 0 Å². The van der Waals surface area contributed by atoms with Crippen LogP contribution < -0.4 is 15.5 Å². The maximum absolute atomic E-state index is 5.39. The van der Waals surface area contributed by atoms with Gasteiger partial charge in [0, 0.05) is 37.3 Å². The Morgan fingerprint density at radius 1 is 1.18 bits per heavy atom. The molecule has 1 aliphatic heterocycles. The first kappa shape index (κ1) is 18.7. The van der Waals surface area contributed by atoms with Gasteiger partial charge in [0.25, 0.3) is 0 Å². The van der Waals surface area contributed by atoms with E-state index in [1.54, 1.807) is 6.26 Å². The van der Waals surface area contributed by atoms with Gasteiger partial charge in [-0.2, -0.15) is 0 Å². The summed E-state index contributed by atoms with van der Waals surface area (Å²) in [6.07, 6.45) is 1.66. The number of piperazine rings is 1. The van der Waals surface area contributed by atoms with Crippen LogP contribution in [0.1, 0.15) is 11.3 Å². The van der Waals surface area contributed by atoms with Crippen LogP contribution in [-0.4, -0.2) is 48.2 Å². The number of fused-ring (bicyclic) bond motifs is 1. The number of furan rings is 1. The Morgan fingerprint density at radius 3 is 2.75 bits per heavy atom. The zero-order valence-electron chi connectivity index (χ0n) is 16.2. The summed E-state index contributed by atoms with van der Waals surface area (Å²) in [5.74, 6) is 1.91. The SMILES string of the molecule is Cc1cc(N2CCN(C)CC2)nc2ccc(NC(=S)NCc3ccco3)cc12. The van der Waals surface area contributed by atoms with Crippen LogP contribution in [0.25, 0.3) is 10.9 Å². The van der Waals surface area contributed by atoms with Crippen LogP contribution in [0.4, 0.5) is 11.5 Å². The summed E-state index contributed by atoms with van der Waals surface area (Å²) >= 11 is 5.39. The van der Waals surface area contributed by atoms with Crippen molar-refractivity contribution in [2.75, 3.05) is 43.4 Å². The number of rotatable bonds is 4. The second-order valence-corrected chi connectivity index (χ2v) is 7.61. The molecule has 3 aromatic rings. The first-order valence-electron chi connectivity index (χ1n) is 9.50. The molecule has 1 saturated heterocycles. The van der Waals surface area contributed by atoms with Crippen LogP contribution >= 0.6 is 12.2 Å². The van der Waals surface area contributed by atoms with Crippen molar-refractivity contribution < 1.29 is 4.42 Å². The molecule has 6 nitrogen and oxygen atoms in total. The lowest BCUT2D eigenvalue weighted by atomic mass is 10.1. The molecule has 7 heteroatoms. The van der Waals surface area contributed by atoms with Gasteiger partial charge in [-0.15, -0.1) is 0 Å². The van der Waals surface area contributed by atoms with E-state index in [9.17, 15) is 0 Å². The van der Waals surface area contributed by atoms with E-state index in [-0.39, 0.29) is 0 Å². The van der Waals surface area contributed by atoms with Gasteiger partial charge in [0.1, 0.15) is 11.6 Å². The van der Waals surface area contributed by atoms with Crippen molar-refractivity contribution in [2.45, 2.75) is 13.5 Å². The topological polar surface area (TPSA) is 56.6 Å². The van der Waals surface area contributed by atoms with E-state index in [2.05, 4.69) is 52.6 Å². The number of benzene rings is 1. The molecule has 4 rings (SSSR count). The molecule has 3 heterocycles. The molecular formula is C21H25N5OS. The molecule has 0 bridgehead atoms. The van der Waals surface area contributed by atoms with Crippen LogP contribution in [0.3, 0.4) is 0 Å². The molecule has 0 amide bonds. The van der Waals surface area contributed by atoms with Gasteiger partial charge in [0.05, 0.1) is 18.3 Å². The van der Waals surface area contributed by atoms with Crippen molar-refractivity contribution >= 4 is 39.7 Å². The first-order valence-corrected chi connectivity index (χ1v) is 9.91. The summed E-state index contributed by atoms with van der Waals surface area (Å²) in [6, 6.07) is 12.1. The predicted octanol–water partition coefficient (Wildman–Crippen LogP) is 3.37. The van der Waals surface area contributed by atoms with E-state index < -0.39 is 0 Å². The molecule has 1 aliphatic rings. The van der Waals surface area contributed by atoms with Gasteiger partial charge in [0.2, 0.25) is 0 Å². The minimum atomic E-state index is 0.557. The molecule has 0 spiro atoms. The zero-order chi connectivity index (χ0) is 19.5. The van der Waals surface area contributed by atoms with Crippen LogP contribution in [0.5, 0.6) is 0 Å². The summed E-state index contributed by atoms with van der Waals surface area (Å²) < 4.78 is 5.31. The molecule has 28 heavy (non-hydrogen) atoms. The Labute approximate surface area is 170 Å². The number of aryl methyl sites for hydroxylation is 1. The quantitative estimate of drug-likeness (QED) is 0.657. The van der Waals surface area contributed by atoms with E-state index in [4.69, 9.17) is 21.6 Å². The third kappa shape index (κ3) is 4.26. The minimum absolute atomic E-state index is 0.557. The molecule has 0 radical (unpaired) electrons. The molecule has 2 aromatic heterocycles. The molecule has 146 valence electrons. The fraction of sp³-hybridized carbons (Fsp3) is 0.333. The highest BCUT2D eigenvalue weighted by atomic mass is 32.1. The fourth-order valence-electron chi connectivity index (χ4n) is 3.41. The number of anilines is 2. The number of hydrogen-bond donors (Lipinski definition) is 2. The van der Waals surface area contributed by atoms with Crippen molar-refractivity contribution in [1.82, 2.24) is 15.2 Å². The van der Waals surface area contributed by atoms with Crippen molar-refractivity contribution in [3.8, 4) is 0 Å². The van der Waals surface area contributed by atoms with E-state index in [0.717, 1.165) is 54.3 Å². The maximum atomic E-state index is 5.39. The van der Waals surface area contributed by atoms with Crippen molar-refractivity contribution in [3.63, 3.8) is 0 Å². The van der Waals surface area contributed by atoms with Crippen LogP contribution in [0, 0.1) is 6.92 Å². The lowest BCUT2D eigenvalue weighted by molar-refractivity contribution is 0.312. The standard InChI is InChI=1S/C21H25N5OS/c1-15-12-20(26-9-7-25(2)8-10-26)24-19-6-5-16(13-18(15)19)23-21(28)22-14-17-4-3-11-27-17/h3-6,11-13H,7-10,14H2,1-2H3,(H2,22,23,28). The normalized spacial score (nSPS) is 15.0. The highest BCUT2D eigenvalue weighted by molar-refractivity contribution is 7.80. The lowest BCUT2D eigenvalue weighted by Gasteiger charge is -2.33. The molecule has 1 fully saturated rings. The third-order valence-corrected chi connectivity index (χ3v) is 5.34. The highest BCUT2D eigenvalue weighted by Crippen LogP contribution is 2.26. The van der Waals surface area contributed by atoms with Crippen LogP contribution in [0.15, 0.2) is 47.1 Å². The average Bonchev–Trinajstić information content (AvgIpc) is 3.21. The first-order chi connectivity index (χ1) is 13.6. The molecule has 0 saturated carbocycles. The van der Waals surface area contributed by atoms with Gasteiger partial charge in [-0.1, -0.05) is 0 Å². The van der Waals surface area contributed by atoms with Gasteiger partial charge >= 0.3 is 0 Å². The molecule has 0 unspecified atom stereocenters. The number of nitrogens with zero attached hydrogens (tertiary/aromatic N) is 3. The number of pyridine rings is 1. The molecule has 0 atom stereocenters. The zero-order valence-corrected chi connectivity index (χ0v) is 17.1. The summed E-state index contributed by atoms with van der Waals surface area (Å²) in [5, 5.41) is 8.09. The molecule has 0 aliphatic carbocycles. The molecule has 1 aromatic carbocycles. The number of thiocarbonyl (C=S) groups is 1. The second-order valence-electron chi connectivity index (χ2n) is 7.21. The van der Waals surface area contributed by atoms with E-state index in [1.165, 1.54) is 5.56 Å². The van der Waals surface area contributed by atoms with Crippen LogP contribution in [0.2, 0.25) is 0 Å². The molecule has 2 N–H and O–H groups in total. The number of likely N-dealkylation sites (N-methyl/N-ethyl adjacent to an activating group) is 1. The largest absolute Gasteiger partial charge is 0.467 e. The summed E-state index contributed by atoms with van der Waals surface area (Å²) in [7, 11) is 2.17. The Kier molecular flexibility index (Phi) is 5.45. The predicted molar refractivity (Wildman–Crippen MR) is 118 cm³/mol. The average molecular weight is 396 g/mol. The summed E-state index contributed by atoms with van der Waals surface area (Å²) in [6.45, 7) is 6.88. The van der Waals surface area contributed by atoms with E-state index in [0.29, 0.717) is 11.7 Å². The van der Waals surface area contributed by atoms with Crippen molar-refractivity contribution in [3.05, 3.63) is 54.0 Å². The number of aromatic nitrogens is 1. The smallest absolute Gasteiger partial charge is 0.171 e. The Hall–Kier alpha value is -2.64. The van der Waals surface area contributed by atoms with Crippen LogP contribution in [-0.2, 0) is 6.54 Å². The fourth-order valence-corrected chi connectivity index (χ4v) is 3.60. The monoisotopic (exact) mass is 395 g/mol. The van der Waals surface area contributed by atoms with Gasteiger partial charge in [-0.3, -0.25) is 0 Å². The Balaban J connectivity index is 1.47. The van der Waals surface area contributed by atoms with Gasteiger partial charge in [-0.05, 0) is 68.2 Å². The van der Waals surface area contributed by atoms with Crippen molar-refractivity contribution in [2.24, 2.45) is 0 Å². The van der Waals surface area contributed by atoms with E-state index in [1.807, 2.05) is 18.2 Å². The maximum Gasteiger partial charge on any atom is 0.171 e. The van der Waals surface area contributed by atoms with Gasteiger partial charge < -0.3 is 24.9 Å². The highest BCUT2D eigenvalue weighted by Gasteiger charge is 2.16. The number of nitrogens with one attached hydrogen (secondary N) is 2. The second kappa shape index (κ2) is 8.16. The summed E-state index contributed by atoms with van der Waals surface area (Å²) in [5.41, 5.74) is 3.17. The Bertz CT molecular complexity index is 964. The van der Waals surface area contributed by atoms with Gasteiger partial charge in [0.15, 0.2) is 5.11 Å². The lowest BCUT2D eigenvalue weighted by Crippen LogP contribution is -2.44. The number of hydrogen-bond acceptors (Lipinski definition) is 5. The Morgan fingerprint density at radius 2 is 2.00 bits per heavy atom. The van der Waals surface area contributed by atoms with E-state index >= 15 is 0 Å². The third-order valence-electron chi connectivity index (χ3n) is 5.09.